The second-order valence-electron chi connectivity index (χ2n) is 4.36. The number of ketones is 1. The topological polar surface area (TPSA) is 40.9 Å². The summed E-state index contributed by atoms with van der Waals surface area (Å²) in [5.41, 5.74) is 0.637. The molecule has 0 spiro atoms. The number of Topliss-reactive ketones (excluding diaryl/α,β-unsaturated/α-hetero) is 1. The van der Waals surface area contributed by atoms with E-state index in [4.69, 9.17) is 0 Å². The van der Waals surface area contributed by atoms with Gasteiger partial charge in [0.2, 0.25) is 0 Å². The van der Waals surface area contributed by atoms with Gasteiger partial charge in [0.05, 0.1) is 6.07 Å². The summed E-state index contributed by atoms with van der Waals surface area (Å²) in [6, 6.07) is 11.3. The zero-order valence-electron chi connectivity index (χ0n) is 9.67. The van der Waals surface area contributed by atoms with Crippen LogP contribution in [0, 0.1) is 23.2 Å². The molecule has 0 amide bonds. The SMILES string of the molecule is N#CC(C(=O)c1ccccc1)C1C=CCCC1. The highest BCUT2D eigenvalue weighted by Crippen LogP contribution is 2.27. The molecule has 1 aromatic carbocycles. The summed E-state index contributed by atoms with van der Waals surface area (Å²) in [6.07, 6.45) is 7.18. The van der Waals surface area contributed by atoms with Crippen LogP contribution in [-0.4, -0.2) is 5.78 Å². The number of allylic oxidation sites excluding steroid dienone is 2. The van der Waals surface area contributed by atoms with E-state index in [-0.39, 0.29) is 11.7 Å². The molecule has 1 aliphatic rings. The predicted molar refractivity (Wildman–Crippen MR) is 66.4 cm³/mol. The number of nitriles is 1. The molecule has 2 unspecified atom stereocenters. The molecule has 0 saturated carbocycles. The Hall–Kier alpha value is -1.88. The zero-order chi connectivity index (χ0) is 12.1. The van der Waals surface area contributed by atoms with Gasteiger partial charge >= 0.3 is 0 Å². The maximum absolute atomic E-state index is 12.2. The van der Waals surface area contributed by atoms with Crippen molar-refractivity contribution in [2.75, 3.05) is 0 Å². The Kier molecular flexibility index (Phi) is 3.72. The molecule has 86 valence electrons. The van der Waals surface area contributed by atoms with E-state index in [9.17, 15) is 10.1 Å². The third kappa shape index (κ3) is 2.62. The second-order valence-corrected chi connectivity index (χ2v) is 4.36. The monoisotopic (exact) mass is 225 g/mol. The van der Waals surface area contributed by atoms with Gasteiger partial charge in [0.1, 0.15) is 5.92 Å². The molecule has 1 aliphatic carbocycles. The first-order valence-corrected chi connectivity index (χ1v) is 5.98. The first-order chi connectivity index (χ1) is 8.33. The van der Waals surface area contributed by atoms with Crippen molar-refractivity contribution in [2.24, 2.45) is 11.8 Å². The summed E-state index contributed by atoms with van der Waals surface area (Å²) in [6.45, 7) is 0. The molecule has 0 radical (unpaired) electrons. The number of carbonyl (C=O) groups excluding carboxylic acids is 1. The van der Waals surface area contributed by atoms with Crippen molar-refractivity contribution in [1.29, 1.82) is 5.26 Å². The van der Waals surface area contributed by atoms with Crippen molar-refractivity contribution < 1.29 is 4.79 Å². The lowest BCUT2D eigenvalue weighted by Crippen LogP contribution is -2.22. The lowest BCUT2D eigenvalue weighted by atomic mass is 9.81. The minimum absolute atomic E-state index is 0.0512. The lowest BCUT2D eigenvalue weighted by Gasteiger charge is -2.20. The molecule has 0 aromatic heterocycles. The van der Waals surface area contributed by atoms with Gasteiger partial charge in [0.25, 0.3) is 0 Å². The highest BCUT2D eigenvalue weighted by atomic mass is 16.1. The van der Waals surface area contributed by atoms with Gasteiger partial charge in [-0.25, -0.2) is 0 Å². The first kappa shape index (κ1) is 11.6. The normalized spacial score (nSPS) is 20.5. The quantitative estimate of drug-likeness (QED) is 0.584. The van der Waals surface area contributed by atoms with Crippen LogP contribution in [0.5, 0.6) is 0 Å². The molecule has 0 bridgehead atoms. The predicted octanol–water partition coefficient (Wildman–Crippen LogP) is 3.37. The van der Waals surface area contributed by atoms with E-state index < -0.39 is 5.92 Å². The molecule has 0 fully saturated rings. The molecular weight excluding hydrogens is 210 g/mol. The van der Waals surface area contributed by atoms with E-state index in [0.29, 0.717) is 5.56 Å². The van der Waals surface area contributed by atoms with Gasteiger partial charge in [-0.15, -0.1) is 0 Å². The third-order valence-electron chi connectivity index (χ3n) is 3.20. The van der Waals surface area contributed by atoms with Crippen molar-refractivity contribution in [3.63, 3.8) is 0 Å². The van der Waals surface area contributed by atoms with Crippen molar-refractivity contribution in [3.05, 3.63) is 48.0 Å². The Morgan fingerprint density at radius 3 is 2.71 bits per heavy atom. The van der Waals surface area contributed by atoms with Crippen LogP contribution in [0.15, 0.2) is 42.5 Å². The number of benzene rings is 1. The highest BCUT2D eigenvalue weighted by Gasteiger charge is 2.27. The van der Waals surface area contributed by atoms with Crippen LogP contribution in [0.3, 0.4) is 0 Å². The molecular formula is C15H15NO. The molecule has 2 atom stereocenters. The van der Waals surface area contributed by atoms with Gasteiger partial charge in [-0.1, -0.05) is 42.5 Å². The third-order valence-corrected chi connectivity index (χ3v) is 3.20. The fourth-order valence-electron chi connectivity index (χ4n) is 2.25. The van der Waals surface area contributed by atoms with Crippen molar-refractivity contribution in [3.8, 4) is 6.07 Å². The van der Waals surface area contributed by atoms with Crippen molar-refractivity contribution >= 4 is 5.78 Å². The molecule has 17 heavy (non-hydrogen) atoms. The molecule has 0 heterocycles. The maximum atomic E-state index is 12.2. The van der Waals surface area contributed by atoms with Crippen molar-refractivity contribution in [1.82, 2.24) is 0 Å². The minimum atomic E-state index is -0.533. The summed E-state index contributed by atoms with van der Waals surface area (Å²) in [4.78, 5) is 12.2. The number of carbonyl (C=O) groups is 1. The fourth-order valence-corrected chi connectivity index (χ4v) is 2.25. The molecule has 1 aromatic rings. The molecule has 0 aliphatic heterocycles. The van der Waals surface area contributed by atoms with E-state index in [1.54, 1.807) is 12.1 Å². The number of hydrogen-bond donors (Lipinski definition) is 0. The van der Waals surface area contributed by atoms with Gasteiger partial charge < -0.3 is 0 Å². The van der Waals surface area contributed by atoms with E-state index in [1.165, 1.54) is 0 Å². The van der Waals surface area contributed by atoms with Crippen LogP contribution in [0.25, 0.3) is 0 Å². The van der Waals surface area contributed by atoms with E-state index >= 15 is 0 Å². The Morgan fingerprint density at radius 1 is 1.35 bits per heavy atom. The number of rotatable bonds is 3. The molecule has 0 N–H and O–H groups in total. The van der Waals surface area contributed by atoms with Crippen molar-refractivity contribution in [2.45, 2.75) is 19.3 Å². The standard InChI is InChI=1S/C15H15NO/c16-11-14(12-7-3-1-4-8-12)15(17)13-9-5-2-6-10-13/h2-3,5-7,9-10,12,14H,1,4,8H2. The largest absolute Gasteiger partial charge is 0.293 e. The molecule has 0 saturated heterocycles. The fraction of sp³-hybridized carbons (Fsp3) is 0.333. The molecule has 2 nitrogen and oxygen atoms in total. The molecule has 2 rings (SSSR count). The van der Waals surface area contributed by atoms with Gasteiger partial charge in [-0.05, 0) is 19.3 Å². The highest BCUT2D eigenvalue weighted by molar-refractivity contribution is 5.99. The lowest BCUT2D eigenvalue weighted by molar-refractivity contribution is 0.0922. The Labute approximate surface area is 102 Å². The second kappa shape index (κ2) is 5.45. The van der Waals surface area contributed by atoms with Crippen LogP contribution in [0.2, 0.25) is 0 Å². The summed E-state index contributed by atoms with van der Waals surface area (Å²) >= 11 is 0. The van der Waals surface area contributed by atoms with Crippen LogP contribution in [0.4, 0.5) is 0 Å². The van der Waals surface area contributed by atoms with Crippen LogP contribution in [0.1, 0.15) is 29.6 Å². The van der Waals surface area contributed by atoms with Gasteiger partial charge in [0, 0.05) is 11.5 Å². The van der Waals surface area contributed by atoms with Crippen LogP contribution in [-0.2, 0) is 0 Å². The Morgan fingerprint density at radius 2 is 2.12 bits per heavy atom. The summed E-state index contributed by atoms with van der Waals surface area (Å²) in [7, 11) is 0. The Balaban J connectivity index is 2.19. The van der Waals surface area contributed by atoms with Crippen LogP contribution >= 0.6 is 0 Å². The number of nitrogens with zero attached hydrogens (tertiary/aromatic N) is 1. The average molecular weight is 225 g/mol. The summed E-state index contributed by atoms with van der Waals surface area (Å²) < 4.78 is 0. The van der Waals surface area contributed by atoms with E-state index in [1.807, 2.05) is 24.3 Å². The molecule has 2 heteroatoms. The summed E-state index contributed by atoms with van der Waals surface area (Å²) in [5.74, 6) is -0.500. The smallest absolute Gasteiger partial charge is 0.180 e. The van der Waals surface area contributed by atoms with Gasteiger partial charge in [-0.3, -0.25) is 4.79 Å². The van der Waals surface area contributed by atoms with Gasteiger partial charge in [0.15, 0.2) is 5.78 Å². The zero-order valence-corrected chi connectivity index (χ0v) is 9.67. The van der Waals surface area contributed by atoms with E-state index in [2.05, 4.69) is 12.1 Å². The average Bonchev–Trinajstić information content (AvgIpc) is 2.42. The minimum Gasteiger partial charge on any atom is -0.293 e. The van der Waals surface area contributed by atoms with Crippen LogP contribution < -0.4 is 0 Å². The van der Waals surface area contributed by atoms with E-state index in [0.717, 1.165) is 19.3 Å². The first-order valence-electron chi connectivity index (χ1n) is 5.98. The number of hydrogen-bond acceptors (Lipinski definition) is 2. The van der Waals surface area contributed by atoms with Gasteiger partial charge in [-0.2, -0.15) is 5.26 Å². The Bertz CT molecular complexity index is 456. The maximum Gasteiger partial charge on any atom is 0.180 e. The summed E-state index contributed by atoms with van der Waals surface area (Å²) in [5, 5.41) is 9.21.